The Labute approximate surface area is 119 Å². The monoisotopic (exact) mass is 274 g/mol. The SMILES string of the molecule is CC(C(=O)NC1C(N)C2CCCOC21)c1ccccc1. The summed E-state index contributed by atoms with van der Waals surface area (Å²) >= 11 is 0. The molecule has 0 radical (unpaired) electrons. The molecule has 3 N–H and O–H groups in total. The number of nitrogens with two attached hydrogens (primary N) is 1. The minimum atomic E-state index is -0.161. The Kier molecular flexibility index (Phi) is 3.76. The Balaban J connectivity index is 1.62. The van der Waals surface area contributed by atoms with Crippen LogP contribution in [0.15, 0.2) is 30.3 Å². The number of benzene rings is 1. The van der Waals surface area contributed by atoms with E-state index in [1.165, 1.54) is 0 Å². The molecule has 1 aromatic rings. The smallest absolute Gasteiger partial charge is 0.227 e. The molecule has 20 heavy (non-hydrogen) atoms. The van der Waals surface area contributed by atoms with Crippen LogP contribution in [0.25, 0.3) is 0 Å². The van der Waals surface area contributed by atoms with Crippen molar-refractivity contribution in [3.8, 4) is 0 Å². The van der Waals surface area contributed by atoms with Gasteiger partial charge in [0.05, 0.1) is 18.1 Å². The van der Waals surface area contributed by atoms with Crippen LogP contribution in [0.5, 0.6) is 0 Å². The molecule has 1 aliphatic heterocycles. The lowest BCUT2D eigenvalue weighted by molar-refractivity contribution is -0.140. The summed E-state index contributed by atoms with van der Waals surface area (Å²) in [5.74, 6) is 0.288. The molecule has 1 aliphatic carbocycles. The third-order valence-electron chi connectivity index (χ3n) is 4.68. The van der Waals surface area contributed by atoms with Gasteiger partial charge < -0.3 is 15.8 Å². The van der Waals surface area contributed by atoms with Crippen molar-refractivity contribution in [1.29, 1.82) is 0 Å². The number of fused-ring (bicyclic) bond motifs is 1. The molecule has 1 aromatic carbocycles. The minimum Gasteiger partial charge on any atom is -0.376 e. The number of amides is 1. The molecular formula is C16H22N2O2. The highest BCUT2D eigenvalue weighted by Gasteiger charge is 2.51. The van der Waals surface area contributed by atoms with Crippen molar-refractivity contribution in [2.24, 2.45) is 11.7 Å². The van der Waals surface area contributed by atoms with Crippen LogP contribution in [0.4, 0.5) is 0 Å². The summed E-state index contributed by atoms with van der Waals surface area (Å²) in [6.45, 7) is 2.71. The van der Waals surface area contributed by atoms with Crippen LogP contribution in [0.3, 0.4) is 0 Å². The predicted molar refractivity (Wildman–Crippen MR) is 77.2 cm³/mol. The van der Waals surface area contributed by atoms with Gasteiger partial charge >= 0.3 is 0 Å². The molecule has 2 fully saturated rings. The standard InChI is InChI=1S/C16H22N2O2/c1-10(11-6-3-2-4-7-11)16(19)18-14-13(17)12-8-5-9-20-15(12)14/h2-4,6-7,10,12-15H,5,8-9,17H2,1H3,(H,18,19). The second-order valence-corrected chi connectivity index (χ2v) is 5.89. The van der Waals surface area contributed by atoms with E-state index in [4.69, 9.17) is 10.5 Å². The Hall–Kier alpha value is -1.39. The van der Waals surface area contributed by atoms with Gasteiger partial charge in [-0.15, -0.1) is 0 Å². The molecule has 0 aromatic heterocycles. The number of ether oxygens (including phenoxy) is 1. The molecule has 0 bridgehead atoms. The molecule has 1 heterocycles. The fourth-order valence-corrected chi connectivity index (χ4v) is 3.31. The Morgan fingerprint density at radius 3 is 2.90 bits per heavy atom. The van der Waals surface area contributed by atoms with Crippen molar-refractivity contribution in [2.75, 3.05) is 6.61 Å². The first-order chi connectivity index (χ1) is 9.68. The number of nitrogens with one attached hydrogen (secondary N) is 1. The first kappa shape index (κ1) is 13.6. The van der Waals surface area contributed by atoms with Crippen molar-refractivity contribution >= 4 is 5.91 Å². The highest BCUT2D eigenvalue weighted by Crippen LogP contribution is 2.37. The quantitative estimate of drug-likeness (QED) is 0.876. The van der Waals surface area contributed by atoms with E-state index in [1.54, 1.807) is 0 Å². The van der Waals surface area contributed by atoms with Crippen molar-refractivity contribution < 1.29 is 9.53 Å². The van der Waals surface area contributed by atoms with E-state index in [9.17, 15) is 4.79 Å². The molecule has 5 unspecified atom stereocenters. The maximum Gasteiger partial charge on any atom is 0.227 e. The highest BCUT2D eigenvalue weighted by atomic mass is 16.5. The van der Waals surface area contributed by atoms with Gasteiger partial charge in [0.2, 0.25) is 5.91 Å². The molecule has 4 nitrogen and oxygen atoms in total. The zero-order chi connectivity index (χ0) is 14.1. The molecule has 1 saturated heterocycles. The summed E-state index contributed by atoms with van der Waals surface area (Å²) in [6, 6.07) is 9.82. The van der Waals surface area contributed by atoms with E-state index < -0.39 is 0 Å². The summed E-state index contributed by atoms with van der Waals surface area (Å²) in [7, 11) is 0. The minimum absolute atomic E-state index is 0.0287. The lowest BCUT2D eigenvalue weighted by atomic mass is 9.68. The Bertz CT molecular complexity index is 477. The number of rotatable bonds is 3. The second-order valence-electron chi connectivity index (χ2n) is 5.89. The van der Waals surface area contributed by atoms with Gasteiger partial charge in [-0.1, -0.05) is 30.3 Å². The zero-order valence-electron chi connectivity index (χ0n) is 11.8. The van der Waals surface area contributed by atoms with Gasteiger partial charge in [-0.25, -0.2) is 0 Å². The summed E-state index contributed by atoms with van der Waals surface area (Å²) < 4.78 is 5.75. The summed E-state index contributed by atoms with van der Waals surface area (Å²) in [5, 5.41) is 3.07. The molecule has 1 amide bonds. The van der Waals surface area contributed by atoms with E-state index in [2.05, 4.69) is 5.32 Å². The van der Waals surface area contributed by atoms with Gasteiger partial charge in [0.1, 0.15) is 0 Å². The third kappa shape index (κ3) is 2.34. The lowest BCUT2D eigenvalue weighted by Crippen LogP contribution is -2.72. The number of hydrogen-bond acceptors (Lipinski definition) is 3. The zero-order valence-corrected chi connectivity index (χ0v) is 11.8. The Morgan fingerprint density at radius 2 is 2.15 bits per heavy atom. The average molecular weight is 274 g/mol. The predicted octanol–water partition coefficient (Wildman–Crippen LogP) is 1.41. The number of carbonyl (C=O) groups excluding carboxylic acids is 1. The van der Waals surface area contributed by atoms with Gasteiger partial charge in [0.25, 0.3) is 0 Å². The average Bonchev–Trinajstić information content (AvgIpc) is 2.52. The first-order valence-corrected chi connectivity index (χ1v) is 7.41. The third-order valence-corrected chi connectivity index (χ3v) is 4.68. The van der Waals surface area contributed by atoms with Crippen LogP contribution < -0.4 is 11.1 Å². The Morgan fingerprint density at radius 1 is 1.40 bits per heavy atom. The lowest BCUT2D eigenvalue weighted by Gasteiger charge is -2.52. The molecule has 1 saturated carbocycles. The van der Waals surface area contributed by atoms with Gasteiger partial charge in [-0.05, 0) is 25.3 Å². The van der Waals surface area contributed by atoms with Gasteiger partial charge in [0, 0.05) is 18.6 Å². The topological polar surface area (TPSA) is 64.4 Å². The molecule has 0 spiro atoms. The molecule has 3 rings (SSSR count). The van der Waals surface area contributed by atoms with Crippen LogP contribution in [0.2, 0.25) is 0 Å². The van der Waals surface area contributed by atoms with Crippen molar-refractivity contribution in [2.45, 2.75) is 43.9 Å². The van der Waals surface area contributed by atoms with E-state index >= 15 is 0 Å². The molecule has 2 aliphatic rings. The molecule has 108 valence electrons. The van der Waals surface area contributed by atoms with Crippen LogP contribution in [-0.4, -0.2) is 30.7 Å². The first-order valence-electron chi connectivity index (χ1n) is 7.41. The van der Waals surface area contributed by atoms with Crippen LogP contribution >= 0.6 is 0 Å². The van der Waals surface area contributed by atoms with Gasteiger partial charge in [-0.2, -0.15) is 0 Å². The number of carbonyl (C=O) groups is 1. The van der Waals surface area contributed by atoms with E-state index in [-0.39, 0.29) is 30.0 Å². The van der Waals surface area contributed by atoms with E-state index in [0.717, 1.165) is 25.0 Å². The van der Waals surface area contributed by atoms with E-state index in [0.29, 0.717) is 5.92 Å². The van der Waals surface area contributed by atoms with Gasteiger partial charge in [0.15, 0.2) is 0 Å². The molecule has 4 heteroatoms. The fourth-order valence-electron chi connectivity index (χ4n) is 3.31. The highest BCUT2D eigenvalue weighted by molar-refractivity contribution is 5.83. The number of hydrogen-bond donors (Lipinski definition) is 2. The van der Waals surface area contributed by atoms with Gasteiger partial charge in [-0.3, -0.25) is 4.79 Å². The maximum atomic E-state index is 12.3. The molecule has 5 atom stereocenters. The largest absolute Gasteiger partial charge is 0.376 e. The van der Waals surface area contributed by atoms with Crippen LogP contribution in [-0.2, 0) is 9.53 Å². The van der Waals surface area contributed by atoms with Crippen LogP contribution in [0, 0.1) is 5.92 Å². The summed E-state index contributed by atoms with van der Waals surface area (Å²) in [6.07, 6.45) is 2.31. The second kappa shape index (κ2) is 5.54. The summed E-state index contributed by atoms with van der Waals surface area (Å²) in [4.78, 5) is 12.3. The summed E-state index contributed by atoms with van der Waals surface area (Å²) in [5.41, 5.74) is 7.20. The normalized spacial score (nSPS) is 33.7. The molecular weight excluding hydrogens is 252 g/mol. The van der Waals surface area contributed by atoms with Crippen molar-refractivity contribution in [3.05, 3.63) is 35.9 Å². The van der Waals surface area contributed by atoms with Crippen LogP contribution in [0.1, 0.15) is 31.2 Å². The van der Waals surface area contributed by atoms with E-state index in [1.807, 2.05) is 37.3 Å². The fraction of sp³-hybridized carbons (Fsp3) is 0.562. The van der Waals surface area contributed by atoms with Crippen molar-refractivity contribution in [3.63, 3.8) is 0 Å². The maximum absolute atomic E-state index is 12.3. The van der Waals surface area contributed by atoms with Crippen molar-refractivity contribution in [1.82, 2.24) is 5.32 Å².